The fraction of sp³-hybridized carbons (Fsp3) is 0.154. The molecule has 6 heteroatoms. The largest absolute Gasteiger partial charge is 0.486 e. The molecular formula is C26H20FN3O2. The maximum Gasteiger partial charge on any atom is 0.163 e. The molecule has 3 aliphatic heterocycles. The fourth-order valence-electron chi connectivity index (χ4n) is 4.33. The molecule has 32 heavy (non-hydrogen) atoms. The lowest BCUT2D eigenvalue weighted by atomic mass is 10.0. The first-order valence-corrected chi connectivity index (χ1v) is 10.6. The highest BCUT2D eigenvalue weighted by Crippen LogP contribution is 2.41. The lowest BCUT2D eigenvalue weighted by Gasteiger charge is -2.21. The Morgan fingerprint density at radius 1 is 0.906 bits per heavy atom. The number of rotatable bonds is 3. The Labute approximate surface area is 184 Å². The first-order valence-electron chi connectivity index (χ1n) is 10.6. The summed E-state index contributed by atoms with van der Waals surface area (Å²) >= 11 is 0. The average molecular weight is 425 g/mol. The number of hydrogen-bond acceptors (Lipinski definition) is 4. The SMILES string of the molecule is Cc1cccc(Cn2cc3c(-c4ccc(F)cc4)nnc-3c3cc4c(cc32)OCCO4)c1. The summed E-state index contributed by atoms with van der Waals surface area (Å²) in [6.07, 6.45) is 2.08. The molecule has 0 amide bonds. The van der Waals surface area contributed by atoms with Gasteiger partial charge in [0.05, 0.1) is 5.52 Å². The summed E-state index contributed by atoms with van der Waals surface area (Å²) in [5.74, 6) is 1.17. The van der Waals surface area contributed by atoms with Gasteiger partial charge in [-0.25, -0.2) is 4.39 Å². The van der Waals surface area contributed by atoms with Crippen molar-refractivity contribution in [2.24, 2.45) is 0 Å². The molecule has 3 heterocycles. The van der Waals surface area contributed by atoms with E-state index in [0.717, 1.165) is 39.2 Å². The highest BCUT2D eigenvalue weighted by molar-refractivity contribution is 5.99. The molecule has 0 bridgehead atoms. The number of nitrogens with zero attached hydrogens (tertiary/aromatic N) is 3. The van der Waals surface area contributed by atoms with E-state index in [-0.39, 0.29) is 5.82 Å². The first kappa shape index (κ1) is 18.8. The lowest BCUT2D eigenvalue weighted by molar-refractivity contribution is 0.172. The van der Waals surface area contributed by atoms with Crippen molar-refractivity contribution in [3.8, 4) is 34.0 Å². The molecule has 0 radical (unpaired) electrons. The van der Waals surface area contributed by atoms with Crippen molar-refractivity contribution in [1.82, 2.24) is 14.8 Å². The number of pyridine rings is 1. The quantitative estimate of drug-likeness (QED) is 0.385. The number of ether oxygens (including phenoxy) is 2. The second kappa shape index (κ2) is 7.34. The summed E-state index contributed by atoms with van der Waals surface area (Å²) in [5, 5.41) is 9.91. The van der Waals surface area contributed by atoms with Crippen LogP contribution in [0.3, 0.4) is 0 Å². The molecular weight excluding hydrogens is 405 g/mol. The molecule has 3 aromatic rings. The van der Waals surface area contributed by atoms with Gasteiger partial charge < -0.3 is 14.0 Å². The number of aryl methyl sites for hydroxylation is 1. The van der Waals surface area contributed by atoms with Crippen molar-refractivity contribution < 1.29 is 13.9 Å². The number of fused-ring (bicyclic) bond motifs is 4. The summed E-state index contributed by atoms with van der Waals surface area (Å²) in [5.41, 5.74) is 6.66. The van der Waals surface area contributed by atoms with Gasteiger partial charge >= 0.3 is 0 Å². The second-order valence-electron chi connectivity index (χ2n) is 8.08. The van der Waals surface area contributed by atoms with Crippen molar-refractivity contribution in [2.75, 3.05) is 13.2 Å². The number of aromatic nitrogens is 3. The van der Waals surface area contributed by atoms with Crippen LogP contribution in [-0.4, -0.2) is 28.0 Å². The van der Waals surface area contributed by atoms with Gasteiger partial charge in [-0.05, 0) is 42.8 Å². The Kier molecular flexibility index (Phi) is 4.31. The zero-order valence-electron chi connectivity index (χ0n) is 17.5. The van der Waals surface area contributed by atoms with Gasteiger partial charge in [0.2, 0.25) is 0 Å². The third-order valence-corrected chi connectivity index (χ3v) is 5.82. The summed E-state index contributed by atoms with van der Waals surface area (Å²) in [7, 11) is 0. The summed E-state index contributed by atoms with van der Waals surface area (Å²) in [6, 6.07) is 18.8. The molecule has 0 N–H and O–H groups in total. The highest BCUT2D eigenvalue weighted by atomic mass is 19.1. The Bertz CT molecular complexity index is 1430. The van der Waals surface area contributed by atoms with Crippen molar-refractivity contribution in [1.29, 1.82) is 0 Å². The van der Waals surface area contributed by atoms with E-state index in [9.17, 15) is 4.39 Å². The van der Waals surface area contributed by atoms with Gasteiger partial charge in [0.25, 0.3) is 0 Å². The minimum Gasteiger partial charge on any atom is -0.486 e. The van der Waals surface area contributed by atoms with Crippen molar-refractivity contribution in [3.63, 3.8) is 0 Å². The van der Waals surface area contributed by atoms with E-state index >= 15 is 0 Å². The van der Waals surface area contributed by atoms with Crippen LogP contribution in [0.2, 0.25) is 0 Å². The molecule has 0 saturated heterocycles. The monoisotopic (exact) mass is 425 g/mol. The summed E-state index contributed by atoms with van der Waals surface area (Å²) in [4.78, 5) is 0. The predicted molar refractivity (Wildman–Crippen MR) is 121 cm³/mol. The molecule has 0 aromatic heterocycles. The van der Waals surface area contributed by atoms with Crippen LogP contribution in [-0.2, 0) is 6.54 Å². The van der Waals surface area contributed by atoms with Crippen molar-refractivity contribution in [2.45, 2.75) is 13.5 Å². The molecule has 3 aromatic carbocycles. The van der Waals surface area contributed by atoms with E-state index in [1.807, 2.05) is 12.1 Å². The molecule has 0 aliphatic carbocycles. The molecule has 0 spiro atoms. The van der Waals surface area contributed by atoms with Gasteiger partial charge in [-0.15, -0.1) is 10.2 Å². The Hall–Kier alpha value is -3.93. The van der Waals surface area contributed by atoms with Gasteiger partial charge in [-0.1, -0.05) is 29.8 Å². The average Bonchev–Trinajstić information content (AvgIpc) is 3.23. The van der Waals surface area contributed by atoms with Gasteiger partial charge in [-0.2, -0.15) is 0 Å². The summed E-state index contributed by atoms with van der Waals surface area (Å²) in [6.45, 7) is 3.82. The van der Waals surface area contributed by atoms with E-state index in [1.165, 1.54) is 23.3 Å². The van der Waals surface area contributed by atoms with Crippen molar-refractivity contribution in [3.05, 3.63) is 83.8 Å². The molecule has 0 unspecified atom stereocenters. The molecule has 0 saturated carbocycles. The highest BCUT2D eigenvalue weighted by Gasteiger charge is 2.23. The van der Waals surface area contributed by atoms with Crippen LogP contribution < -0.4 is 9.47 Å². The van der Waals surface area contributed by atoms with Crippen LogP contribution in [0, 0.1) is 12.7 Å². The van der Waals surface area contributed by atoms with Crippen LogP contribution in [0.15, 0.2) is 66.9 Å². The Morgan fingerprint density at radius 2 is 1.66 bits per heavy atom. The maximum atomic E-state index is 13.5. The van der Waals surface area contributed by atoms with Gasteiger partial charge in [0.15, 0.2) is 11.5 Å². The Morgan fingerprint density at radius 3 is 2.44 bits per heavy atom. The van der Waals surface area contributed by atoms with Crippen LogP contribution >= 0.6 is 0 Å². The number of hydrogen-bond donors (Lipinski definition) is 0. The minimum absolute atomic E-state index is 0.277. The van der Waals surface area contributed by atoms with Crippen LogP contribution in [0.25, 0.3) is 33.4 Å². The third kappa shape index (κ3) is 3.15. The zero-order chi connectivity index (χ0) is 21.7. The van der Waals surface area contributed by atoms with E-state index in [1.54, 1.807) is 12.1 Å². The molecule has 5 nitrogen and oxygen atoms in total. The number of benzene rings is 3. The first-order chi connectivity index (χ1) is 15.7. The van der Waals surface area contributed by atoms with Gasteiger partial charge in [0, 0.05) is 35.3 Å². The van der Waals surface area contributed by atoms with E-state index < -0.39 is 0 Å². The smallest absolute Gasteiger partial charge is 0.163 e. The third-order valence-electron chi connectivity index (χ3n) is 5.82. The standard InChI is InChI=1S/C26H20FN3O2/c1-16-3-2-4-17(11-16)14-30-15-21-25(18-5-7-19(27)8-6-18)28-29-26(21)20-12-23-24(13-22(20)30)32-10-9-31-23/h2-8,11-13,15H,9-10,14H2,1H3. The second-order valence-corrected chi connectivity index (χ2v) is 8.08. The Balaban J connectivity index is 1.60. The topological polar surface area (TPSA) is 49.2 Å². The van der Waals surface area contributed by atoms with Crippen LogP contribution in [0.4, 0.5) is 4.39 Å². The fourth-order valence-corrected chi connectivity index (χ4v) is 4.33. The van der Waals surface area contributed by atoms with Gasteiger partial charge in [-0.3, -0.25) is 0 Å². The molecule has 0 fully saturated rings. The van der Waals surface area contributed by atoms with E-state index in [4.69, 9.17) is 9.47 Å². The zero-order valence-corrected chi connectivity index (χ0v) is 17.5. The maximum absolute atomic E-state index is 13.5. The van der Waals surface area contributed by atoms with E-state index in [0.29, 0.717) is 25.5 Å². The normalized spacial score (nSPS) is 13.1. The summed E-state index contributed by atoms with van der Waals surface area (Å²) < 4.78 is 27.4. The molecule has 0 atom stereocenters. The number of halogens is 1. The van der Waals surface area contributed by atoms with Crippen LogP contribution in [0.5, 0.6) is 11.5 Å². The van der Waals surface area contributed by atoms with Gasteiger partial charge in [0.1, 0.15) is 30.4 Å². The minimum atomic E-state index is -0.277. The van der Waals surface area contributed by atoms with E-state index in [2.05, 4.69) is 52.2 Å². The van der Waals surface area contributed by atoms with Crippen molar-refractivity contribution >= 4 is 10.9 Å². The molecule has 6 rings (SSSR count). The molecule has 158 valence electrons. The lowest BCUT2D eigenvalue weighted by Crippen LogP contribution is -2.15. The predicted octanol–water partition coefficient (Wildman–Crippen LogP) is 5.47. The van der Waals surface area contributed by atoms with Crippen LogP contribution in [0.1, 0.15) is 11.1 Å². The molecule has 3 aliphatic rings.